The fourth-order valence-electron chi connectivity index (χ4n) is 3.32. The predicted octanol–water partition coefficient (Wildman–Crippen LogP) is 1.87. The molecule has 0 radical (unpaired) electrons. The van der Waals surface area contributed by atoms with Crippen molar-refractivity contribution in [2.45, 2.75) is 42.7 Å². The molecule has 4 nitrogen and oxygen atoms in total. The Hall–Kier alpha value is -1.05. The summed E-state index contributed by atoms with van der Waals surface area (Å²) in [4.78, 5) is -0.436. The summed E-state index contributed by atoms with van der Waals surface area (Å²) in [6, 6.07) is 2.60. The van der Waals surface area contributed by atoms with Gasteiger partial charge in [-0.05, 0) is 44.4 Å². The van der Waals surface area contributed by atoms with Crippen LogP contribution in [0.5, 0.6) is 0 Å². The zero-order valence-electron chi connectivity index (χ0n) is 11.6. The van der Waals surface area contributed by atoms with E-state index in [-0.39, 0.29) is 12.1 Å². The summed E-state index contributed by atoms with van der Waals surface area (Å²) in [7, 11) is -3.92. The Bertz CT molecular complexity index is 630. The zero-order valence-corrected chi connectivity index (χ0v) is 12.4. The van der Waals surface area contributed by atoms with Gasteiger partial charge in [-0.3, -0.25) is 0 Å². The second-order valence-corrected chi connectivity index (χ2v) is 7.46. The summed E-state index contributed by atoms with van der Waals surface area (Å²) in [6.07, 6.45) is 3.51. The molecule has 2 saturated heterocycles. The third kappa shape index (κ3) is 2.69. The molecule has 116 valence electrons. The second-order valence-electron chi connectivity index (χ2n) is 5.60. The van der Waals surface area contributed by atoms with Crippen LogP contribution < -0.4 is 5.32 Å². The van der Waals surface area contributed by atoms with Crippen molar-refractivity contribution >= 4 is 10.0 Å². The first kappa shape index (κ1) is 14.9. The molecule has 2 aliphatic rings. The van der Waals surface area contributed by atoms with Gasteiger partial charge in [-0.15, -0.1) is 0 Å². The van der Waals surface area contributed by atoms with E-state index in [4.69, 9.17) is 0 Å². The average molecular weight is 316 g/mol. The minimum atomic E-state index is -3.92. The van der Waals surface area contributed by atoms with Crippen molar-refractivity contribution in [2.24, 2.45) is 0 Å². The quantitative estimate of drug-likeness (QED) is 0.926. The van der Waals surface area contributed by atoms with Crippen molar-refractivity contribution in [3.63, 3.8) is 0 Å². The highest BCUT2D eigenvalue weighted by Crippen LogP contribution is 2.31. The minimum Gasteiger partial charge on any atom is -0.312 e. The first-order chi connectivity index (χ1) is 10.00. The van der Waals surface area contributed by atoms with Crippen molar-refractivity contribution in [3.05, 3.63) is 29.8 Å². The summed E-state index contributed by atoms with van der Waals surface area (Å²) >= 11 is 0. The van der Waals surface area contributed by atoms with Gasteiger partial charge in [-0.25, -0.2) is 17.2 Å². The first-order valence-corrected chi connectivity index (χ1v) is 8.64. The van der Waals surface area contributed by atoms with Gasteiger partial charge in [-0.1, -0.05) is 0 Å². The second kappa shape index (κ2) is 5.62. The highest BCUT2D eigenvalue weighted by molar-refractivity contribution is 7.89. The van der Waals surface area contributed by atoms with Crippen LogP contribution in [0.15, 0.2) is 23.1 Å². The van der Waals surface area contributed by atoms with E-state index in [9.17, 15) is 17.2 Å². The molecular formula is C14H18F2N2O2S. The Balaban J connectivity index is 1.93. The molecule has 1 aromatic carbocycles. The van der Waals surface area contributed by atoms with Gasteiger partial charge in [0.25, 0.3) is 0 Å². The molecule has 0 aromatic heterocycles. The summed E-state index contributed by atoms with van der Waals surface area (Å²) < 4.78 is 53.5. The van der Waals surface area contributed by atoms with Crippen LogP contribution in [0.25, 0.3) is 0 Å². The third-order valence-electron chi connectivity index (χ3n) is 4.29. The van der Waals surface area contributed by atoms with Crippen molar-refractivity contribution in [2.75, 3.05) is 13.1 Å². The Morgan fingerprint density at radius 2 is 2.00 bits per heavy atom. The molecule has 1 N–H and O–H groups in total. The fraction of sp³-hybridized carbons (Fsp3) is 0.571. The Morgan fingerprint density at radius 1 is 1.19 bits per heavy atom. The van der Waals surface area contributed by atoms with Gasteiger partial charge < -0.3 is 5.32 Å². The normalized spacial score (nSPS) is 27.3. The van der Waals surface area contributed by atoms with Gasteiger partial charge in [-0.2, -0.15) is 4.31 Å². The Labute approximate surface area is 123 Å². The summed E-state index contributed by atoms with van der Waals surface area (Å²) in [5.41, 5.74) is 0. The molecule has 2 aliphatic heterocycles. The Morgan fingerprint density at radius 3 is 2.67 bits per heavy atom. The zero-order chi connectivity index (χ0) is 15.0. The summed E-state index contributed by atoms with van der Waals surface area (Å²) in [5.74, 6) is -1.80. The standard InChI is InChI=1S/C14H18F2N2O2S/c15-10-5-6-14(11(16)9-10)21(19,20)18-8-2-4-13(18)12-3-1-7-17-12/h5-6,9,12-13,17H,1-4,7-8H2. The molecule has 0 amide bonds. The van der Waals surface area contributed by atoms with Gasteiger partial charge >= 0.3 is 0 Å². The smallest absolute Gasteiger partial charge is 0.246 e. The molecule has 1 aromatic rings. The molecule has 2 heterocycles. The Kier molecular flexibility index (Phi) is 3.98. The number of nitrogens with one attached hydrogen (secondary N) is 1. The van der Waals surface area contributed by atoms with Crippen LogP contribution in [0, 0.1) is 11.6 Å². The maximum atomic E-state index is 13.8. The van der Waals surface area contributed by atoms with Gasteiger partial charge in [0.15, 0.2) is 0 Å². The number of hydrogen-bond donors (Lipinski definition) is 1. The van der Waals surface area contributed by atoms with Crippen molar-refractivity contribution in [1.29, 1.82) is 0 Å². The lowest BCUT2D eigenvalue weighted by Gasteiger charge is -2.28. The van der Waals surface area contributed by atoms with E-state index >= 15 is 0 Å². The number of hydrogen-bond acceptors (Lipinski definition) is 3. The van der Waals surface area contributed by atoms with E-state index in [2.05, 4.69) is 5.32 Å². The highest BCUT2D eigenvalue weighted by atomic mass is 32.2. The first-order valence-electron chi connectivity index (χ1n) is 7.20. The molecule has 0 saturated carbocycles. The molecule has 21 heavy (non-hydrogen) atoms. The molecule has 0 bridgehead atoms. The number of halogens is 2. The SMILES string of the molecule is O=S(=O)(c1ccc(F)cc1F)N1CCCC1C1CCCN1. The van der Waals surface area contributed by atoms with E-state index in [1.54, 1.807) is 0 Å². The highest BCUT2D eigenvalue weighted by Gasteiger charge is 2.41. The number of benzene rings is 1. The van der Waals surface area contributed by atoms with Crippen LogP contribution in [0.1, 0.15) is 25.7 Å². The van der Waals surface area contributed by atoms with Gasteiger partial charge in [0.05, 0.1) is 0 Å². The van der Waals surface area contributed by atoms with Gasteiger partial charge in [0.1, 0.15) is 16.5 Å². The molecule has 0 spiro atoms. The lowest BCUT2D eigenvalue weighted by molar-refractivity contribution is 0.320. The van der Waals surface area contributed by atoms with E-state index in [1.807, 2.05) is 0 Å². The molecule has 7 heteroatoms. The van der Waals surface area contributed by atoms with Crippen molar-refractivity contribution in [1.82, 2.24) is 9.62 Å². The molecular weight excluding hydrogens is 298 g/mol. The maximum absolute atomic E-state index is 13.8. The lowest BCUT2D eigenvalue weighted by Crippen LogP contribution is -2.46. The molecule has 2 unspecified atom stereocenters. The van der Waals surface area contributed by atoms with E-state index < -0.39 is 26.6 Å². The fourth-order valence-corrected chi connectivity index (χ4v) is 5.09. The third-order valence-corrected chi connectivity index (χ3v) is 6.25. The van der Waals surface area contributed by atoms with E-state index in [0.717, 1.165) is 44.4 Å². The number of nitrogens with zero attached hydrogens (tertiary/aromatic N) is 1. The average Bonchev–Trinajstić information content (AvgIpc) is 3.09. The summed E-state index contributed by atoms with van der Waals surface area (Å²) in [6.45, 7) is 1.28. The van der Waals surface area contributed by atoms with Crippen LogP contribution in [0.3, 0.4) is 0 Å². The van der Waals surface area contributed by atoms with Crippen LogP contribution in [-0.4, -0.2) is 37.9 Å². The van der Waals surface area contributed by atoms with Gasteiger partial charge in [0.2, 0.25) is 10.0 Å². The monoisotopic (exact) mass is 316 g/mol. The van der Waals surface area contributed by atoms with Gasteiger partial charge in [0, 0.05) is 24.7 Å². The van der Waals surface area contributed by atoms with Crippen molar-refractivity contribution < 1.29 is 17.2 Å². The molecule has 0 aliphatic carbocycles. The largest absolute Gasteiger partial charge is 0.312 e. The molecule has 2 atom stereocenters. The molecule has 2 fully saturated rings. The number of sulfonamides is 1. The van der Waals surface area contributed by atoms with Crippen molar-refractivity contribution in [3.8, 4) is 0 Å². The van der Waals surface area contributed by atoms with Crippen LogP contribution in [0.4, 0.5) is 8.78 Å². The predicted molar refractivity (Wildman–Crippen MR) is 74.3 cm³/mol. The minimum absolute atomic E-state index is 0.130. The van der Waals surface area contributed by atoms with Crippen LogP contribution in [-0.2, 0) is 10.0 Å². The summed E-state index contributed by atoms with van der Waals surface area (Å²) in [5, 5.41) is 3.32. The van der Waals surface area contributed by atoms with Crippen LogP contribution in [0.2, 0.25) is 0 Å². The van der Waals surface area contributed by atoms with Crippen LogP contribution >= 0.6 is 0 Å². The number of rotatable bonds is 3. The maximum Gasteiger partial charge on any atom is 0.246 e. The van der Waals surface area contributed by atoms with E-state index in [0.29, 0.717) is 12.6 Å². The topological polar surface area (TPSA) is 49.4 Å². The lowest BCUT2D eigenvalue weighted by atomic mass is 10.1. The molecule has 3 rings (SSSR count). The van der Waals surface area contributed by atoms with E-state index in [1.165, 1.54) is 4.31 Å².